The lowest BCUT2D eigenvalue weighted by Gasteiger charge is -2.27. The number of unbranched alkanes of at least 4 members (excludes halogenated alkanes) is 12. The van der Waals surface area contributed by atoms with E-state index in [2.05, 4.69) is 43.5 Å². The third kappa shape index (κ3) is 19.9. The Kier molecular flexibility index (Phi) is 24.6. The molecule has 0 aliphatic rings. The molecule has 4 unspecified atom stereocenters. The summed E-state index contributed by atoms with van der Waals surface area (Å²) in [5.41, 5.74) is 0. The number of nitrogens with one attached hydrogen (secondary N) is 1. The van der Waals surface area contributed by atoms with Crippen LogP contribution in [0.4, 0.5) is 0 Å². The maximum absolute atomic E-state index is 12.3. The fourth-order valence-corrected chi connectivity index (χ4v) is 4.16. The maximum Gasteiger partial charge on any atom is 0.249 e. The van der Waals surface area contributed by atoms with Crippen molar-refractivity contribution < 1.29 is 25.2 Å². The van der Waals surface area contributed by atoms with Crippen LogP contribution in [0.5, 0.6) is 0 Å². The molecule has 0 aliphatic carbocycles. The van der Waals surface area contributed by atoms with Crippen LogP contribution in [0.2, 0.25) is 0 Å². The van der Waals surface area contributed by atoms with Crippen molar-refractivity contribution in [1.29, 1.82) is 0 Å². The van der Waals surface area contributed by atoms with E-state index in [1.807, 2.05) is 0 Å². The van der Waals surface area contributed by atoms with Gasteiger partial charge in [0, 0.05) is 0 Å². The Morgan fingerprint density at radius 2 is 1.14 bits per heavy atom. The Labute approximate surface area is 221 Å². The fourth-order valence-electron chi connectivity index (χ4n) is 4.16. The highest BCUT2D eigenvalue weighted by Crippen LogP contribution is 2.12. The van der Waals surface area contributed by atoms with Gasteiger partial charge in [-0.2, -0.15) is 0 Å². The number of carbonyl (C=O) groups is 1. The molecule has 0 aromatic rings. The van der Waals surface area contributed by atoms with Crippen LogP contribution in [-0.2, 0) is 4.79 Å². The fraction of sp³-hybridized carbons (Fsp3) is 0.833. The maximum atomic E-state index is 12.3. The number of rotatable bonds is 25. The Morgan fingerprint density at radius 1 is 0.667 bits per heavy atom. The van der Waals surface area contributed by atoms with Crippen LogP contribution in [0.25, 0.3) is 0 Å². The molecule has 1 amide bonds. The van der Waals surface area contributed by atoms with Gasteiger partial charge in [-0.15, -0.1) is 0 Å². The Hall–Kier alpha value is -1.21. The largest absolute Gasteiger partial charge is 0.394 e. The van der Waals surface area contributed by atoms with Gasteiger partial charge in [-0.05, 0) is 64.2 Å². The zero-order chi connectivity index (χ0) is 26.9. The molecule has 0 aromatic heterocycles. The summed E-state index contributed by atoms with van der Waals surface area (Å²) in [5.74, 6) is -0.617. The minimum absolute atomic E-state index is 0.332. The van der Waals surface area contributed by atoms with Gasteiger partial charge in [-0.25, -0.2) is 0 Å². The van der Waals surface area contributed by atoms with Crippen molar-refractivity contribution in [2.24, 2.45) is 0 Å². The number of allylic oxidation sites excluding steroid dienone is 4. The van der Waals surface area contributed by atoms with Crippen molar-refractivity contribution in [3.05, 3.63) is 24.3 Å². The highest BCUT2D eigenvalue weighted by atomic mass is 16.3. The predicted octanol–water partition coefficient (Wildman–Crippen LogP) is 5.72. The van der Waals surface area contributed by atoms with E-state index in [1.165, 1.54) is 57.8 Å². The number of aliphatic hydroxyl groups excluding tert-OH is 4. The van der Waals surface area contributed by atoms with E-state index in [0.717, 1.165) is 38.5 Å². The topological polar surface area (TPSA) is 110 Å². The predicted molar refractivity (Wildman–Crippen MR) is 150 cm³/mol. The van der Waals surface area contributed by atoms with Crippen molar-refractivity contribution in [3.8, 4) is 0 Å². The molecule has 36 heavy (non-hydrogen) atoms. The van der Waals surface area contributed by atoms with Crippen LogP contribution >= 0.6 is 0 Å². The van der Waals surface area contributed by atoms with Crippen molar-refractivity contribution in [1.82, 2.24) is 5.32 Å². The highest BCUT2D eigenvalue weighted by molar-refractivity contribution is 5.80. The lowest BCUT2D eigenvalue weighted by atomic mass is 10.00. The molecule has 6 nitrogen and oxygen atoms in total. The van der Waals surface area contributed by atoms with Crippen LogP contribution in [0, 0.1) is 0 Å². The first-order valence-corrected chi connectivity index (χ1v) is 14.7. The second-order valence-electron chi connectivity index (χ2n) is 10.1. The molecule has 4 atom stereocenters. The van der Waals surface area contributed by atoms with E-state index >= 15 is 0 Å². The van der Waals surface area contributed by atoms with Crippen LogP contribution in [0.15, 0.2) is 24.3 Å². The third-order valence-electron chi connectivity index (χ3n) is 6.63. The van der Waals surface area contributed by atoms with Crippen LogP contribution in [-0.4, -0.2) is 57.3 Å². The lowest BCUT2D eigenvalue weighted by molar-refractivity contribution is -0.132. The molecule has 0 radical (unpaired) electrons. The minimum Gasteiger partial charge on any atom is -0.394 e. The average molecular weight is 512 g/mol. The molecule has 0 saturated heterocycles. The van der Waals surface area contributed by atoms with Gasteiger partial charge >= 0.3 is 0 Å². The standard InChI is InChI=1S/C30H57NO5/c1-3-5-7-9-11-13-14-15-16-18-20-22-24-28(34)30(36)31-26(25-32)29(35)27(33)23-21-19-17-12-10-8-6-4-2/h12,15-17,26-29,32-35H,3-11,13-14,18-25H2,1-2H3,(H,31,36)/b16-15-,17-12+. The summed E-state index contributed by atoms with van der Waals surface area (Å²) >= 11 is 0. The molecule has 0 fully saturated rings. The molecule has 0 aromatic carbocycles. The van der Waals surface area contributed by atoms with Gasteiger partial charge in [-0.1, -0.05) is 89.5 Å². The second-order valence-corrected chi connectivity index (χ2v) is 10.1. The molecule has 0 bridgehead atoms. The summed E-state index contributed by atoms with van der Waals surface area (Å²) in [4.78, 5) is 12.3. The quantitative estimate of drug-likeness (QED) is 0.0795. The molecule has 0 heterocycles. The molecule has 5 N–H and O–H groups in total. The highest BCUT2D eigenvalue weighted by Gasteiger charge is 2.28. The summed E-state index contributed by atoms with van der Waals surface area (Å²) in [6.45, 7) is 3.91. The summed E-state index contributed by atoms with van der Waals surface area (Å²) in [6, 6.07) is -1.00. The summed E-state index contributed by atoms with van der Waals surface area (Å²) < 4.78 is 0. The number of hydrogen-bond donors (Lipinski definition) is 5. The van der Waals surface area contributed by atoms with Crippen LogP contribution in [0.3, 0.4) is 0 Å². The van der Waals surface area contributed by atoms with Gasteiger partial charge in [0.05, 0.1) is 18.8 Å². The number of hydrogen-bond acceptors (Lipinski definition) is 5. The first-order valence-electron chi connectivity index (χ1n) is 14.7. The number of aliphatic hydroxyl groups is 4. The van der Waals surface area contributed by atoms with Gasteiger partial charge in [-0.3, -0.25) is 4.79 Å². The van der Waals surface area contributed by atoms with Crippen LogP contribution < -0.4 is 5.32 Å². The summed E-state index contributed by atoms with van der Waals surface area (Å²) in [5, 5.41) is 42.9. The molecule has 0 rings (SSSR count). The van der Waals surface area contributed by atoms with E-state index in [9.17, 15) is 25.2 Å². The number of amides is 1. The summed E-state index contributed by atoms with van der Waals surface area (Å²) in [6.07, 6.45) is 23.6. The third-order valence-corrected chi connectivity index (χ3v) is 6.63. The zero-order valence-corrected chi connectivity index (χ0v) is 23.3. The van der Waals surface area contributed by atoms with Gasteiger partial charge in [0.15, 0.2) is 0 Å². The Balaban J connectivity index is 4.02. The Morgan fingerprint density at radius 3 is 1.72 bits per heavy atom. The van der Waals surface area contributed by atoms with E-state index in [1.54, 1.807) is 0 Å². The first kappa shape index (κ1) is 34.8. The molecule has 212 valence electrons. The monoisotopic (exact) mass is 511 g/mol. The normalized spacial score (nSPS) is 15.4. The molecule has 0 spiro atoms. The van der Waals surface area contributed by atoms with Crippen molar-refractivity contribution in [3.63, 3.8) is 0 Å². The van der Waals surface area contributed by atoms with E-state index in [-0.39, 0.29) is 0 Å². The average Bonchev–Trinajstić information content (AvgIpc) is 2.88. The van der Waals surface area contributed by atoms with E-state index in [0.29, 0.717) is 19.3 Å². The van der Waals surface area contributed by atoms with Crippen molar-refractivity contribution in [2.75, 3.05) is 6.61 Å². The molecule has 0 saturated carbocycles. The van der Waals surface area contributed by atoms with Gasteiger partial charge in [0.25, 0.3) is 0 Å². The Bertz CT molecular complexity index is 551. The summed E-state index contributed by atoms with van der Waals surface area (Å²) in [7, 11) is 0. The first-order chi connectivity index (χ1) is 17.5. The molecular weight excluding hydrogens is 454 g/mol. The molecular formula is C30H57NO5. The van der Waals surface area contributed by atoms with Crippen LogP contribution in [0.1, 0.15) is 129 Å². The molecule has 0 aliphatic heterocycles. The second kappa shape index (κ2) is 25.4. The van der Waals surface area contributed by atoms with Gasteiger partial charge in [0.2, 0.25) is 5.91 Å². The van der Waals surface area contributed by atoms with Crippen molar-refractivity contribution >= 4 is 5.91 Å². The van der Waals surface area contributed by atoms with E-state index < -0.39 is 36.9 Å². The van der Waals surface area contributed by atoms with Gasteiger partial charge < -0.3 is 25.7 Å². The minimum atomic E-state index is -1.28. The molecule has 6 heteroatoms. The number of carbonyl (C=O) groups excluding carboxylic acids is 1. The van der Waals surface area contributed by atoms with Gasteiger partial charge in [0.1, 0.15) is 12.2 Å². The SMILES string of the molecule is CCCCC/C=C/CCCC(O)C(O)C(CO)NC(=O)C(O)CCCC/C=C\CCCCCCCC. The zero-order valence-electron chi connectivity index (χ0n) is 23.3. The van der Waals surface area contributed by atoms with Crippen molar-refractivity contribution in [2.45, 2.75) is 154 Å². The van der Waals surface area contributed by atoms with E-state index in [4.69, 9.17) is 0 Å². The lowest BCUT2D eigenvalue weighted by Crippen LogP contribution is -2.53. The smallest absolute Gasteiger partial charge is 0.249 e.